The fourth-order valence-corrected chi connectivity index (χ4v) is 3.19. The first-order valence-corrected chi connectivity index (χ1v) is 7.63. The molecule has 1 aromatic heterocycles. The van der Waals surface area contributed by atoms with Crippen LogP contribution in [0.15, 0.2) is 24.4 Å². The molecular formula is C15H10ClF5N2O3. The zero-order chi connectivity index (χ0) is 19.4. The van der Waals surface area contributed by atoms with Gasteiger partial charge in [-0.1, -0.05) is 11.6 Å². The Labute approximate surface area is 147 Å². The number of hydrogen-bond donors (Lipinski definition) is 1. The van der Waals surface area contributed by atoms with Gasteiger partial charge in [-0.2, -0.15) is 13.2 Å². The highest BCUT2D eigenvalue weighted by Crippen LogP contribution is 2.48. The molecule has 0 fully saturated rings. The molecule has 1 unspecified atom stereocenters. The van der Waals surface area contributed by atoms with Crippen LogP contribution in [0.1, 0.15) is 29.3 Å². The van der Waals surface area contributed by atoms with Crippen LogP contribution in [0.2, 0.25) is 5.02 Å². The van der Waals surface area contributed by atoms with E-state index in [1.54, 1.807) is 0 Å². The number of nitro groups is 1. The van der Waals surface area contributed by atoms with Crippen molar-refractivity contribution in [2.75, 3.05) is 0 Å². The number of fused-ring (bicyclic) bond motifs is 1. The van der Waals surface area contributed by atoms with Gasteiger partial charge in [0.25, 0.3) is 11.6 Å². The Bertz CT molecular complexity index is 894. The summed E-state index contributed by atoms with van der Waals surface area (Å²) in [5, 5.41) is 20.6. The molecule has 1 aromatic carbocycles. The fourth-order valence-electron chi connectivity index (χ4n) is 3.00. The molecule has 0 spiro atoms. The van der Waals surface area contributed by atoms with Crippen molar-refractivity contribution in [1.82, 2.24) is 4.57 Å². The predicted molar refractivity (Wildman–Crippen MR) is 80.7 cm³/mol. The lowest BCUT2D eigenvalue weighted by Gasteiger charge is -2.29. The second-order valence-electron chi connectivity index (χ2n) is 5.83. The van der Waals surface area contributed by atoms with Gasteiger partial charge in [-0.05, 0) is 18.6 Å². The second kappa shape index (κ2) is 5.92. The van der Waals surface area contributed by atoms with Crippen LogP contribution >= 0.6 is 11.6 Å². The normalized spacial score (nSPS) is 19.3. The lowest BCUT2D eigenvalue weighted by molar-refractivity contribution is -0.384. The van der Waals surface area contributed by atoms with Gasteiger partial charge >= 0.3 is 6.18 Å². The first-order chi connectivity index (χ1) is 11.9. The summed E-state index contributed by atoms with van der Waals surface area (Å²) in [5.74, 6) is -3.70. The standard InChI is InChI=1S/C15H10ClF5N2O3/c16-9-2-1-7(5-11(9)23(25)26)22-6-8(15(19,20)21)12-10(22)3-4-14(17,18)13(12)24/h1-2,5-6,13,24H,3-4H2. The first-order valence-electron chi connectivity index (χ1n) is 7.25. The topological polar surface area (TPSA) is 68.3 Å². The number of nitrogens with zero attached hydrogens (tertiary/aromatic N) is 2. The van der Waals surface area contributed by atoms with E-state index in [0.717, 1.165) is 16.7 Å². The van der Waals surface area contributed by atoms with Crippen molar-refractivity contribution < 1.29 is 32.0 Å². The Hall–Kier alpha value is -2.20. The van der Waals surface area contributed by atoms with Crippen LogP contribution in [0.5, 0.6) is 0 Å². The molecule has 0 aliphatic heterocycles. The number of nitro benzene ring substituents is 1. The van der Waals surface area contributed by atoms with Crippen LogP contribution < -0.4 is 0 Å². The highest BCUT2D eigenvalue weighted by atomic mass is 35.5. The van der Waals surface area contributed by atoms with E-state index in [9.17, 15) is 37.2 Å². The summed E-state index contributed by atoms with van der Waals surface area (Å²) in [7, 11) is 0. The van der Waals surface area contributed by atoms with Gasteiger partial charge in [-0.25, -0.2) is 8.78 Å². The third-order valence-corrected chi connectivity index (χ3v) is 4.55. The number of benzene rings is 1. The molecule has 1 aliphatic carbocycles. The van der Waals surface area contributed by atoms with Crippen LogP contribution in [0.3, 0.4) is 0 Å². The number of aromatic nitrogens is 1. The first kappa shape index (κ1) is 18.6. The largest absolute Gasteiger partial charge is 0.418 e. The molecular weight excluding hydrogens is 387 g/mol. The number of alkyl halides is 5. The summed E-state index contributed by atoms with van der Waals surface area (Å²) in [5.41, 5.74) is -3.08. The van der Waals surface area contributed by atoms with Gasteiger partial charge in [0.05, 0.1) is 16.2 Å². The van der Waals surface area contributed by atoms with Crippen molar-refractivity contribution in [2.24, 2.45) is 0 Å². The van der Waals surface area contributed by atoms with Gasteiger partial charge in [0.2, 0.25) is 0 Å². The van der Waals surface area contributed by atoms with E-state index in [0.29, 0.717) is 6.20 Å². The molecule has 0 radical (unpaired) electrons. The molecule has 1 aliphatic rings. The maximum Gasteiger partial charge on any atom is 0.418 e. The highest BCUT2D eigenvalue weighted by molar-refractivity contribution is 6.32. The highest BCUT2D eigenvalue weighted by Gasteiger charge is 2.50. The summed E-state index contributed by atoms with van der Waals surface area (Å²) < 4.78 is 68.3. The number of hydrogen-bond acceptors (Lipinski definition) is 3. The average molecular weight is 397 g/mol. The zero-order valence-corrected chi connectivity index (χ0v) is 13.5. The lowest BCUT2D eigenvalue weighted by atomic mass is 9.89. The smallest absolute Gasteiger partial charge is 0.382 e. The molecule has 5 nitrogen and oxygen atoms in total. The lowest BCUT2D eigenvalue weighted by Crippen LogP contribution is -2.33. The third-order valence-electron chi connectivity index (χ3n) is 4.23. The molecule has 0 bridgehead atoms. The van der Waals surface area contributed by atoms with Crippen LogP contribution in [-0.4, -0.2) is 20.5 Å². The van der Waals surface area contributed by atoms with Gasteiger partial charge in [0, 0.05) is 29.9 Å². The quantitative estimate of drug-likeness (QED) is 0.455. The van der Waals surface area contributed by atoms with Crippen molar-refractivity contribution in [2.45, 2.75) is 31.0 Å². The zero-order valence-electron chi connectivity index (χ0n) is 12.7. The Morgan fingerprint density at radius 3 is 2.58 bits per heavy atom. The molecule has 0 saturated carbocycles. The third kappa shape index (κ3) is 2.92. The number of rotatable bonds is 2. The Morgan fingerprint density at radius 2 is 2.00 bits per heavy atom. The van der Waals surface area contributed by atoms with Gasteiger partial charge in [-0.15, -0.1) is 0 Å². The number of aliphatic hydroxyl groups excluding tert-OH is 1. The van der Waals surface area contributed by atoms with E-state index >= 15 is 0 Å². The summed E-state index contributed by atoms with van der Waals surface area (Å²) in [6.45, 7) is 0. The van der Waals surface area contributed by atoms with E-state index < -0.39 is 52.8 Å². The van der Waals surface area contributed by atoms with E-state index in [4.69, 9.17) is 11.6 Å². The Balaban J connectivity index is 2.26. The SMILES string of the molecule is O=[N+]([O-])c1cc(-n2cc(C(F)(F)F)c3c2CCC(F)(F)C3O)ccc1Cl. The van der Waals surface area contributed by atoms with Crippen LogP contribution in [-0.2, 0) is 12.6 Å². The van der Waals surface area contributed by atoms with E-state index in [-0.39, 0.29) is 16.4 Å². The molecule has 2 aromatic rings. The van der Waals surface area contributed by atoms with Gasteiger partial charge < -0.3 is 9.67 Å². The summed E-state index contributed by atoms with van der Waals surface area (Å²) >= 11 is 5.69. The fraction of sp³-hybridized carbons (Fsp3) is 0.333. The minimum atomic E-state index is -4.98. The monoisotopic (exact) mass is 396 g/mol. The molecule has 11 heteroatoms. The van der Waals surface area contributed by atoms with E-state index in [1.807, 2.05) is 0 Å². The Kier molecular flexibility index (Phi) is 4.23. The van der Waals surface area contributed by atoms with Crippen molar-refractivity contribution in [3.8, 4) is 5.69 Å². The van der Waals surface area contributed by atoms with Crippen molar-refractivity contribution in [3.05, 3.63) is 56.4 Å². The molecule has 0 saturated heterocycles. The van der Waals surface area contributed by atoms with Crippen molar-refractivity contribution >= 4 is 17.3 Å². The number of aliphatic hydroxyl groups is 1. The Morgan fingerprint density at radius 1 is 1.35 bits per heavy atom. The molecule has 1 N–H and O–H groups in total. The van der Waals surface area contributed by atoms with Gasteiger partial charge in [0.15, 0.2) is 0 Å². The number of halogens is 6. The maximum absolute atomic E-state index is 13.7. The summed E-state index contributed by atoms with van der Waals surface area (Å²) in [6, 6.07) is 3.30. The molecule has 0 amide bonds. The minimum Gasteiger partial charge on any atom is -0.382 e. The second-order valence-corrected chi connectivity index (χ2v) is 6.23. The molecule has 1 atom stereocenters. The van der Waals surface area contributed by atoms with Crippen molar-refractivity contribution in [1.29, 1.82) is 0 Å². The molecule has 3 rings (SSSR count). The summed E-state index contributed by atoms with van der Waals surface area (Å²) in [4.78, 5) is 10.2. The minimum absolute atomic E-state index is 0.0507. The van der Waals surface area contributed by atoms with Crippen molar-refractivity contribution in [3.63, 3.8) is 0 Å². The average Bonchev–Trinajstić information content (AvgIpc) is 2.91. The molecule has 26 heavy (non-hydrogen) atoms. The van der Waals surface area contributed by atoms with Crippen LogP contribution in [0.4, 0.5) is 27.6 Å². The maximum atomic E-state index is 13.7. The molecule has 140 valence electrons. The van der Waals surface area contributed by atoms with Crippen LogP contribution in [0.25, 0.3) is 5.69 Å². The van der Waals surface area contributed by atoms with E-state index in [1.165, 1.54) is 6.07 Å². The van der Waals surface area contributed by atoms with Gasteiger partial charge in [-0.3, -0.25) is 10.1 Å². The predicted octanol–water partition coefficient (Wildman–Crippen LogP) is 4.67. The van der Waals surface area contributed by atoms with E-state index in [2.05, 4.69) is 0 Å². The molecule has 1 heterocycles. The summed E-state index contributed by atoms with van der Waals surface area (Å²) in [6.07, 6.45) is -8.33. The van der Waals surface area contributed by atoms with Gasteiger partial charge in [0.1, 0.15) is 11.1 Å². The van der Waals surface area contributed by atoms with Crippen LogP contribution in [0, 0.1) is 10.1 Å².